The molecular weight excluding hydrogens is 448 g/mol. The lowest BCUT2D eigenvalue weighted by Crippen LogP contribution is -2.46. The number of hydrogen-bond donors (Lipinski definition) is 1. The lowest BCUT2D eigenvalue weighted by Gasteiger charge is -2.25. The van der Waals surface area contributed by atoms with Gasteiger partial charge in [0.25, 0.3) is 5.91 Å². The molecule has 0 fully saturated rings. The first-order chi connectivity index (χ1) is 17.5. The molecule has 1 heterocycles. The van der Waals surface area contributed by atoms with E-state index in [1.807, 2.05) is 42.5 Å². The highest BCUT2D eigenvalue weighted by Crippen LogP contribution is 2.24. The monoisotopic (exact) mass is 484 g/mol. The van der Waals surface area contributed by atoms with Crippen LogP contribution in [0.2, 0.25) is 0 Å². The van der Waals surface area contributed by atoms with Crippen molar-refractivity contribution >= 4 is 11.7 Å². The molecule has 3 aromatic rings. The lowest BCUT2D eigenvalue weighted by molar-refractivity contribution is -0.122. The molecule has 0 saturated heterocycles. The summed E-state index contributed by atoms with van der Waals surface area (Å²) in [4.78, 5) is 28.3. The Morgan fingerprint density at radius 1 is 0.944 bits per heavy atom. The Labute approximate surface area is 214 Å². The van der Waals surface area contributed by atoms with Crippen LogP contribution in [0.3, 0.4) is 0 Å². The number of aryl methyl sites for hydroxylation is 1. The van der Waals surface area contributed by atoms with Gasteiger partial charge in [-0.15, -0.1) is 0 Å². The quantitative estimate of drug-likeness (QED) is 0.417. The second kappa shape index (κ2) is 12.5. The van der Waals surface area contributed by atoms with Crippen LogP contribution < -0.4 is 10.1 Å². The molecule has 0 spiro atoms. The van der Waals surface area contributed by atoms with E-state index >= 15 is 0 Å². The third kappa shape index (κ3) is 7.28. The first-order valence-electron chi connectivity index (χ1n) is 12.9. The van der Waals surface area contributed by atoms with Crippen molar-refractivity contribution in [2.24, 2.45) is 5.92 Å². The van der Waals surface area contributed by atoms with Crippen LogP contribution in [0.5, 0.6) is 5.75 Å². The highest BCUT2D eigenvalue weighted by atomic mass is 16.5. The topological polar surface area (TPSA) is 58.6 Å². The van der Waals surface area contributed by atoms with E-state index in [1.54, 1.807) is 12.1 Å². The Morgan fingerprint density at radius 2 is 1.67 bits per heavy atom. The fourth-order valence-electron chi connectivity index (χ4n) is 4.67. The zero-order valence-corrected chi connectivity index (χ0v) is 21.3. The zero-order valence-electron chi connectivity index (χ0n) is 21.3. The summed E-state index contributed by atoms with van der Waals surface area (Å²) in [7, 11) is 0. The van der Waals surface area contributed by atoms with Gasteiger partial charge in [-0.05, 0) is 72.7 Å². The molecule has 4 rings (SSSR count). The molecule has 0 aliphatic carbocycles. The highest BCUT2D eigenvalue weighted by Gasteiger charge is 2.25. The van der Waals surface area contributed by atoms with Crippen molar-refractivity contribution < 1.29 is 14.3 Å². The van der Waals surface area contributed by atoms with Crippen LogP contribution in [-0.2, 0) is 24.4 Å². The molecule has 1 atom stereocenters. The summed E-state index contributed by atoms with van der Waals surface area (Å²) in [6.45, 7) is 6.61. The van der Waals surface area contributed by atoms with Gasteiger partial charge in [0, 0.05) is 12.1 Å². The first kappa shape index (κ1) is 25.6. The van der Waals surface area contributed by atoms with Crippen LogP contribution in [0.25, 0.3) is 0 Å². The van der Waals surface area contributed by atoms with Crippen molar-refractivity contribution in [2.45, 2.75) is 52.3 Å². The van der Waals surface area contributed by atoms with Crippen molar-refractivity contribution in [2.75, 3.05) is 13.1 Å². The number of benzene rings is 3. The number of rotatable bonds is 10. The second-order valence-corrected chi connectivity index (χ2v) is 10.0. The summed E-state index contributed by atoms with van der Waals surface area (Å²) < 4.78 is 6.02. The normalized spacial score (nSPS) is 14.5. The molecule has 0 saturated carbocycles. The minimum atomic E-state index is -0.491. The van der Waals surface area contributed by atoms with E-state index < -0.39 is 6.04 Å². The third-order valence-electron chi connectivity index (χ3n) is 6.56. The Hall–Kier alpha value is -3.44. The van der Waals surface area contributed by atoms with Crippen molar-refractivity contribution in [3.8, 4) is 5.75 Å². The van der Waals surface area contributed by atoms with Crippen LogP contribution >= 0.6 is 0 Å². The number of hydrogen-bond acceptors (Lipinski definition) is 4. The van der Waals surface area contributed by atoms with Crippen molar-refractivity contribution in [1.29, 1.82) is 0 Å². The number of Topliss-reactive ketones (excluding diaryl/α,β-unsaturated/α-hetero) is 1. The molecule has 0 radical (unpaired) electrons. The summed E-state index contributed by atoms with van der Waals surface area (Å²) in [6, 6.07) is 25.1. The van der Waals surface area contributed by atoms with Gasteiger partial charge in [-0.1, -0.05) is 68.4 Å². The van der Waals surface area contributed by atoms with Gasteiger partial charge in [-0.2, -0.15) is 0 Å². The number of nitrogens with zero attached hydrogens (tertiary/aromatic N) is 1. The standard InChI is InChI=1S/C31H36N2O3/c1-23(2)18-29(32-31(35)25-12-7-4-8-13-25)30(34)21-33-17-9-14-26-19-28(16-15-27(26)20-33)36-22-24-10-5-3-6-11-24/h3-8,10-13,15-16,19,23,29H,9,14,17-18,20-22H2,1-2H3,(H,32,35). The molecule has 1 aliphatic rings. The molecule has 0 aromatic heterocycles. The number of ketones is 1. The fraction of sp³-hybridized carbons (Fsp3) is 0.355. The van der Waals surface area contributed by atoms with Gasteiger partial charge in [-0.25, -0.2) is 0 Å². The first-order valence-corrected chi connectivity index (χ1v) is 12.9. The van der Waals surface area contributed by atoms with E-state index in [4.69, 9.17) is 4.74 Å². The Kier molecular flexibility index (Phi) is 8.90. The summed E-state index contributed by atoms with van der Waals surface area (Å²) in [6.07, 6.45) is 2.57. The van der Waals surface area contributed by atoms with Crippen LogP contribution in [0.1, 0.15) is 53.7 Å². The van der Waals surface area contributed by atoms with E-state index in [0.29, 0.717) is 31.1 Å². The van der Waals surface area contributed by atoms with Crippen molar-refractivity contribution in [1.82, 2.24) is 10.2 Å². The zero-order chi connectivity index (χ0) is 25.3. The van der Waals surface area contributed by atoms with E-state index in [9.17, 15) is 9.59 Å². The van der Waals surface area contributed by atoms with Gasteiger partial charge < -0.3 is 10.1 Å². The number of ether oxygens (including phenoxy) is 1. The van der Waals surface area contributed by atoms with Gasteiger partial charge in [0.2, 0.25) is 0 Å². The Bertz CT molecular complexity index is 1140. The van der Waals surface area contributed by atoms with E-state index in [1.165, 1.54) is 11.1 Å². The Balaban J connectivity index is 1.38. The van der Waals surface area contributed by atoms with Gasteiger partial charge >= 0.3 is 0 Å². The maximum absolute atomic E-state index is 13.3. The molecule has 1 amide bonds. The molecule has 0 bridgehead atoms. The van der Waals surface area contributed by atoms with Gasteiger partial charge in [0.05, 0.1) is 12.6 Å². The second-order valence-electron chi connectivity index (χ2n) is 10.0. The summed E-state index contributed by atoms with van der Waals surface area (Å²) in [5, 5.41) is 2.99. The molecule has 36 heavy (non-hydrogen) atoms. The van der Waals surface area contributed by atoms with Crippen LogP contribution in [0, 0.1) is 5.92 Å². The molecule has 1 aliphatic heterocycles. The molecule has 1 N–H and O–H groups in total. The minimum absolute atomic E-state index is 0.0687. The molecule has 5 heteroatoms. The van der Waals surface area contributed by atoms with Gasteiger partial charge in [-0.3, -0.25) is 14.5 Å². The molecule has 3 aromatic carbocycles. The molecule has 5 nitrogen and oxygen atoms in total. The van der Waals surface area contributed by atoms with Gasteiger partial charge in [0.1, 0.15) is 12.4 Å². The average molecular weight is 485 g/mol. The summed E-state index contributed by atoms with van der Waals surface area (Å²) >= 11 is 0. The lowest BCUT2D eigenvalue weighted by atomic mass is 9.99. The van der Waals surface area contributed by atoms with Crippen molar-refractivity contribution in [3.63, 3.8) is 0 Å². The SMILES string of the molecule is CC(C)CC(NC(=O)c1ccccc1)C(=O)CN1CCCc2cc(OCc3ccccc3)ccc2C1. The number of nitrogens with one attached hydrogen (secondary N) is 1. The number of fused-ring (bicyclic) bond motifs is 1. The smallest absolute Gasteiger partial charge is 0.251 e. The molecular formula is C31H36N2O3. The third-order valence-corrected chi connectivity index (χ3v) is 6.56. The number of carbonyl (C=O) groups is 2. The fourth-order valence-corrected chi connectivity index (χ4v) is 4.67. The largest absolute Gasteiger partial charge is 0.489 e. The summed E-state index contributed by atoms with van der Waals surface area (Å²) in [5.41, 5.74) is 4.24. The van der Waals surface area contributed by atoms with Crippen molar-refractivity contribution in [3.05, 3.63) is 101 Å². The molecule has 1 unspecified atom stereocenters. The average Bonchev–Trinajstić information content (AvgIpc) is 3.09. The number of carbonyl (C=O) groups excluding carboxylic acids is 2. The van der Waals surface area contributed by atoms with E-state index in [2.05, 4.69) is 48.3 Å². The van der Waals surface area contributed by atoms with Crippen LogP contribution in [-0.4, -0.2) is 35.7 Å². The summed E-state index contributed by atoms with van der Waals surface area (Å²) in [5.74, 6) is 1.05. The highest BCUT2D eigenvalue weighted by molar-refractivity contribution is 5.98. The Morgan fingerprint density at radius 3 is 2.39 bits per heavy atom. The predicted molar refractivity (Wildman–Crippen MR) is 143 cm³/mol. The van der Waals surface area contributed by atoms with Gasteiger partial charge in [0.15, 0.2) is 5.78 Å². The van der Waals surface area contributed by atoms with E-state index in [-0.39, 0.29) is 11.7 Å². The predicted octanol–water partition coefficient (Wildman–Crippen LogP) is 5.43. The minimum Gasteiger partial charge on any atom is -0.489 e. The molecule has 188 valence electrons. The maximum atomic E-state index is 13.3. The van der Waals surface area contributed by atoms with E-state index in [0.717, 1.165) is 37.2 Å². The van der Waals surface area contributed by atoms with Crippen LogP contribution in [0.4, 0.5) is 0 Å². The van der Waals surface area contributed by atoms with Crippen LogP contribution in [0.15, 0.2) is 78.9 Å². The number of amides is 1. The maximum Gasteiger partial charge on any atom is 0.251 e.